The van der Waals surface area contributed by atoms with Crippen molar-refractivity contribution in [3.63, 3.8) is 0 Å². The number of ether oxygens (including phenoxy) is 5. The van der Waals surface area contributed by atoms with Crippen molar-refractivity contribution in [1.82, 2.24) is 47.4 Å². The van der Waals surface area contributed by atoms with Gasteiger partial charge in [-0.1, -0.05) is 50.8 Å². The fourth-order valence-corrected chi connectivity index (χ4v) is 20.9. The van der Waals surface area contributed by atoms with Gasteiger partial charge in [0.1, 0.15) is 0 Å². The number of amides is 15. The summed E-state index contributed by atoms with van der Waals surface area (Å²) in [5.41, 5.74) is -4.67. The van der Waals surface area contributed by atoms with Crippen molar-refractivity contribution in [3.05, 3.63) is 52.3 Å². The average Bonchev–Trinajstić information content (AvgIpc) is 1.66. The van der Waals surface area contributed by atoms with E-state index >= 15 is 13.2 Å². The van der Waals surface area contributed by atoms with E-state index < -0.39 is 153 Å². The lowest BCUT2D eigenvalue weighted by Crippen LogP contribution is -2.75. The molecule has 15 amide bonds. The van der Waals surface area contributed by atoms with Crippen molar-refractivity contribution in [2.45, 2.75) is 138 Å². The molecule has 3 aromatic carbocycles. The van der Waals surface area contributed by atoms with Gasteiger partial charge >= 0.3 is 24.5 Å². The van der Waals surface area contributed by atoms with Crippen LogP contribution in [0.2, 0.25) is 0 Å². The van der Waals surface area contributed by atoms with Crippen LogP contribution in [0.25, 0.3) is 32.9 Å². The topological polar surface area (TPSA) is 441 Å². The minimum atomic E-state index is -4.87. The van der Waals surface area contributed by atoms with E-state index in [4.69, 9.17) is 32.5 Å². The number of imide groups is 6. The minimum Gasteiger partial charge on any atom is -0.395 e. The summed E-state index contributed by atoms with van der Waals surface area (Å²) in [6.07, 6.45) is -8.70. The number of nitrogens with zero attached hydrogens (tertiary/aromatic N) is 9. The van der Waals surface area contributed by atoms with E-state index in [9.17, 15) is 75.8 Å². The minimum absolute atomic E-state index is 0.0262. The molecule has 3 aromatic heterocycles. The predicted molar refractivity (Wildman–Crippen MR) is 382 cm³/mol. The molecule has 18 rings (SSSR count). The van der Waals surface area contributed by atoms with Gasteiger partial charge in [0, 0.05) is 65.6 Å². The van der Waals surface area contributed by atoms with E-state index in [1.165, 1.54) is 15.9 Å². The number of benzene rings is 3. The van der Waals surface area contributed by atoms with E-state index in [-0.39, 0.29) is 165 Å². The van der Waals surface area contributed by atoms with Crippen molar-refractivity contribution in [1.29, 1.82) is 0 Å². The number of halogens is 6. The maximum atomic E-state index is 16.2. The predicted octanol–water partition coefficient (Wildman–Crippen LogP) is 4.87. The number of hydrogen-bond acceptors (Lipinski definition) is 30. The Morgan fingerprint density at radius 1 is 0.460 bits per heavy atom. The third-order valence-corrected chi connectivity index (χ3v) is 25.4. The monoisotopic (exact) mass is 1640 g/mol. The largest absolute Gasteiger partial charge is 0.522 e. The van der Waals surface area contributed by atoms with Crippen LogP contribution in [-0.4, -0.2) is 233 Å². The summed E-state index contributed by atoms with van der Waals surface area (Å²) in [4.78, 5) is 162. The molecular weight excluding hydrogens is 1570 g/mol. The number of nitrogens with one attached hydrogen (secondary N) is 6. The number of morpholine rings is 3. The Labute approximate surface area is 644 Å². The highest BCUT2D eigenvalue weighted by molar-refractivity contribution is 8.15. The molecule has 12 aliphatic heterocycles. The lowest BCUT2D eigenvalue weighted by atomic mass is 9.66. The molecule has 7 N–H and O–H groups in total. The lowest BCUT2D eigenvalue weighted by molar-refractivity contribution is -0.323. The molecule has 12 atom stereocenters. The molecule has 45 heteroatoms. The molecule has 113 heavy (non-hydrogen) atoms. The number of aromatic nitrogens is 3. The second-order valence-corrected chi connectivity index (χ2v) is 33.1. The molecule has 600 valence electrons. The van der Waals surface area contributed by atoms with Gasteiger partial charge in [0.2, 0.25) is 52.2 Å². The number of urea groups is 3. The average molecular weight is 1640 g/mol. The number of aliphatic hydroxyl groups is 1. The summed E-state index contributed by atoms with van der Waals surface area (Å²) < 4.78 is 129. The molecule has 0 bridgehead atoms. The second kappa shape index (κ2) is 28.0. The first kappa shape index (κ1) is 77.1. The molecular formula is C68H67F6N15O21S3. The third-order valence-electron chi connectivity index (χ3n) is 22.2. The highest BCUT2D eigenvalue weighted by atomic mass is 32.2. The zero-order chi connectivity index (χ0) is 80.5. The quantitative estimate of drug-likeness (QED) is 0.0789. The van der Waals surface area contributed by atoms with Crippen molar-refractivity contribution in [2.75, 3.05) is 95.6 Å². The standard InChI is InChI=1S/C23H21F4N5O7S.C23H24FN5O7S.C22H22FN5O7S/c1-8-5-31-14-10(4-22(16(31)9(2)38-8)18(33)28-20(35)29-19(22)34)3-12-15(13(14)24)39-30-17(12)32-6-11(40-21(32)36)7-37-23(25,26)27;1-9-6-28-15-11(5-23(17(28)10(2)35-9)19(30)25-21(32)26-20(23)31)4-13-16(14(15)24)36-27-18(13)29-7-12(8-34-3)37-22(29)33;1-8-5-27-14-10(4-22(16(27)9(2)34-8)18(30)24-20(32)25-19(22)31)3-12-15(13(14)23)35-26-17(12)28-6-11(7-29)36-21(28)33/h3,8-9,11,16H,4-7H2,1-2H3,(H2,28,29,33,34,35);4,9-10,12,17H,5-8H2,1-3H3,(H2,25,26,30,31,32);3,8-9,11,16,29H,4-7H2,1-2H3,(H2,24,25,30,31,32)/t8-,9+,11-,16-;9-,10+,12-,17-;8-,9+,11-,16-/m111/s1. The summed E-state index contributed by atoms with van der Waals surface area (Å²) in [6.45, 7) is 10.5. The molecule has 0 saturated carbocycles. The number of hydrogen-bond donors (Lipinski definition) is 7. The molecule has 12 aliphatic rings. The fourth-order valence-electron chi connectivity index (χ4n) is 18.1. The zero-order valence-electron chi connectivity index (χ0n) is 60.3. The van der Waals surface area contributed by atoms with Crippen LogP contribution < -0.4 is 61.3 Å². The van der Waals surface area contributed by atoms with Crippen LogP contribution in [0, 0.1) is 33.7 Å². The number of alkyl halides is 3. The Morgan fingerprint density at radius 3 is 1.02 bits per heavy atom. The summed E-state index contributed by atoms with van der Waals surface area (Å²) >= 11 is 2.66. The summed E-state index contributed by atoms with van der Waals surface area (Å²) in [6, 6.07) is -0.944. The molecule has 15 heterocycles. The highest BCUT2D eigenvalue weighted by Gasteiger charge is 2.67. The fraction of sp³-hybridized carbons (Fsp3) is 0.515. The first-order valence-electron chi connectivity index (χ1n) is 35.4. The number of barbiturate groups is 3. The lowest BCUT2D eigenvalue weighted by Gasteiger charge is -2.55. The van der Waals surface area contributed by atoms with Crippen LogP contribution in [-0.2, 0) is 71.7 Å². The smallest absolute Gasteiger partial charge is 0.395 e. The molecule has 0 radical (unpaired) electrons. The SMILES string of the molecule is COC[C@H]1CN(c2noc3c(F)c4c(cc23)CC2(C(=O)NC(=O)NC2=O)[C@H]2[C@H](C)O[C@H](C)CN42)C(=O)S1.C[C@@H]1CN2c3c(cc4c(N5C[C@H](CO)SC5=O)noc4c3F)CC3(C(=O)NC(=O)NC3=O)[C@H]2[C@H](C)O1.C[C@@H]1CN2c3c(cc4c(N5C[C@H](COC(F)(F)F)SC5=O)noc4c3F)CC3(C(=O)NC(=O)NC3=O)[C@H]2[C@H](C)O1. The number of carbonyl (C=O) groups excluding carboxylic acids is 12. The summed E-state index contributed by atoms with van der Waals surface area (Å²) in [5, 5.41) is 32.2. The van der Waals surface area contributed by atoms with E-state index in [2.05, 4.69) is 52.1 Å². The van der Waals surface area contributed by atoms with Crippen molar-refractivity contribution in [3.8, 4) is 0 Å². The zero-order valence-corrected chi connectivity index (χ0v) is 62.7. The summed E-state index contributed by atoms with van der Waals surface area (Å²) in [5.74, 6) is -7.01. The van der Waals surface area contributed by atoms with Crippen molar-refractivity contribution >= 4 is 172 Å². The second-order valence-electron chi connectivity index (χ2n) is 29.4. The Bertz CT molecular complexity index is 5100. The van der Waals surface area contributed by atoms with Gasteiger partial charge in [0.05, 0.1) is 124 Å². The molecule has 0 aliphatic carbocycles. The van der Waals surface area contributed by atoms with E-state index in [0.717, 1.165) is 28.4 Å². The van der Waals surface area contributed by atoms with E-state index in [0.29, 0.717) is 36.0 Å². The van der Waals surface area contributed by atoms with Crippen molar-refractivity contribution in [2.24, 2.45) is 16.2 Å². The molecule has 36 nitrogen and oxygen atoms in total. The number of carbonyl (C=O) groups is 12. The van der Waals surface area contributed by atoms with E-state index in [1.54, 1.807) is 68.6 Å². The van der Waals surface area contributed by atoms with Gasteiger partial charge in [0.25, 0.3) is 15.7 Å². The molecule has 6 aromatic rings. The number of fused-ring (bicyclic) bond motifs is 15. The molecule has 3 spiro atoms. The number of methoxy groups -OCH3 is 1. The van der Waals surface area contributed by atoms with Gasteiger partial charge in [0.15, 0.2) is 51.2 Å². The number of anilines is 6. The van der Waals surface area contributed by atoms with Gasteiger partial charge in [-0.2, -0.15) is 0 Å². The van der Waals surface area contributed by atoms with Gasteiger partial charge in [-0.3, -0.25) is 94.5 Å². The first-order chi connectivity index (χ1) is 53.6. The van der Waals surface area contributed by atoms with Gasteiger partial charge < -0.3 is 52.3 Å². The number of thioether (sulfide) groups is 3. The van der Waals surface area contributed by atoms with Gasteiger partial charge in [-0.05, 0) is 76.4 Å². The van der Waals surface area contributed by atoms with Crippen molar-refractivity contribution < 1.29 is 126 Å². The molecule has 9 fully saturated rings. The normalized spacial score (nSPS) is 28.8. The van der Waals surface area contributed by atoms with E-state index in [1.807, 2.05) is 6.92 Å². The first-order valence-corrected chi connectivity index (χ1v) is 38.1. The Kier molecular flexibility index (Phi) is 19.1. The molecule has 0 unspecified atom stereocenters. The summed E-state index contributed by atoms with van der Waals surface area (Å²) in [7, 11) is 1.54. The van der Waals surface area contributed by atoms with Crippen LogP contribution >= 0.6 is 35.3 Å². The maximum Gasteiger partial charge on any atom is 0.522 e. The van der Waals surface area contributed by atoms with Gasteiger partial charge in [-0.15, -0.1) is 13.2 Å². The van der Waals surface area contributed by atoms with Gasteiger partial charge in [-0.25, -0.2) is 27.6 Å². The molecule has 9 saturated heterocycles. The third kappa shape index (κ3) is 12.2. The Morgan fingerprint density at radius 2 is 0.743 bits per heavy atom. The van der Waals surface area contributed by atoms with Crippen LogP contribution in [0.4, 0.5) is 89.6 Å². The number of aliphatic hydroxyl groups excluding tert-OH is 1. The van der Waals surface area contributed by atoms with Crippen LogP contribution in [0.5, 0.6) is 0 Å². The van der Waals surface area contributed by atoms with Crippen LogP contribution in [0.3, 0.4) is 0 Å². The highest BCUT2D eigenvalue weighted by Crippen LogP contribution is 2.55. The maximum absolute atomic E-state index is 16.2. The Hall–Kier alpha value is -9.90. The van der Waals surface area contributed by atoms with Crippen LogP contribution in [0.1, 0.15) is 58.2 Å². The number of rotatable bonds is 8. The Balaban J connectivity index is 0.000000128. The van der Waals surface area contributed by atoms with Crippen LogP contribution in [0.15, 0.2) is 31.8 Å².